The molecule has 5 unspecified atom stereocenters. The molecule has 2 bridgehead atoms. The van der Waals surface area contributed by atoms with Gasteiger partial charge in [0.1, 0.15) is 11.9 Å². The van der Waals surface area contributed by atoms with Gasteiger partial charge in [0.25, 0.3) is 5.19 Å². The van der Waals surface area contributed by atoms with Gasteiger partial charge >= 0.3 is 0 Å². The normalized spacial score (nSPS) is 28.6. The Hall–Kier alpha value is -2.52. The van der Waals surface area contributed by atoms with Crippen molar-refractivity contribution in [1.29, 1.82) is 0 Å². The standard InChI is InChI=1S/C22H26FN5O2S/c1-12-4-7-16-20(23)19(11-17(12)27(16)3)30-22-25-24-21(31-22)15-6-5-14(10-18(15)29)28-9-8-13(2)26-28/h5-6,8-10,12,16-17,19-20,29H,4,7,11H2,1-3H3. The Morgan fingerprint density at radius 1 is 1.19 bits per heavy atom. The maximum atomic E-state index is 15.1. The Morgan fingerprint density at radius 2 is 2.03 bits per heavy atom. The Bertz CT molecular complexity index is 1080. The second-order valence-electron chi connectivity index (χ2n) is 8.67. The number of piperidine rings is 2. The lowest BCUT2D eigenvalue weighted by atomic mass is 9.77. The van der Waals surface area contributed by atoms with Gasteiger partial charge in [0.15, 0.2) is 11.2 Å². The van der Waals surface area contributed by atoms with Crippen LogP contribution >= 0.6 is 11.3 Å². The molecule has 7 nitrogen and oxygen atoms in total. The van der Waals surface area contributed by atoms with Gasteiger partial charge in [0.2, 0.25) is 0 Å². The molecule has 164 valence electrons. The molecule has 31 heavy (non-hydrogen) atoms. The maximum Gasteiger partial charge on any atom is 0.294 e. The molecule has 0 amide bonds. The molecule has 1 N–H and O–H groups in total. The molecule has 2 fully saturated rings. The number of rotatable bonds is 4. The molecule has 2 aromatic heterocycles. The molecule has 3 aromatic rings. The molecular weight excluding hydrogens is 417 g/mol. The lowest BCUT2D eigenvalue weighted by Crippen LogP contribution is -2.61. The third-order valence-corrected chi connectivity index (χ3v) is 7.52. The van der Waals surface area contributed by atoms with Gasteiger partial charge in [0.05, 0.1) is 16.9 Å². The van der Waals surface area contributed by atoms with Crippen LogP contribution < -0.4 is 4.74 Å². The highest BCUT2D eigenvalue weighted by atomic mass is 32.1. The Morgan fingerprint density at radius 3 is 2.77 bits per heavy atom. The summed E-state index contributed by atoms with van der Waals surface area (Å²) in [4.78, 5) is 2.19. The number of ether oxygens (including phenoxy) is 1. The van der Waals surface area contributed by atoms with Crippen LogP contribution in [-0.2, 0) is 0 Å². The minimum atomic E-state index is -1.05. The predicted molar refractivity (Wildman–Crippen MR) is 117 cm³/mol. The number of aromatic nitrogens is 4. The number of benzene rings is 1. The first-order valence-corrected chi connectivity index (χ1v) is 11.4. The largest absolute Gasteiger partial charge is 0.507 e. The van der Waals surface area contributed by atoms with Crippen molar-refractivity contribution in [3.63, 3.8) is 0 Å². The zero-order valence-corrected chi connectivity index (χ0v) is 18.6. The molecule has 5 rings (SSSR count). The van der Waals surface area contributed by atoms with Crippen LogP contribution in [0.4, 0.5) is 4.39 Å². The van der Waals surface area contributed by atoms with E-state index in [1.54, 1.807) is 16.8 Å². The quantitative estimate of drug-likeness (QED) is 0.657. The maximum absolute atomic E-state index is 15.1. The number of alkyl halides is 1. The molecule has 0 radical (unpaired) electrons. The van der Waals surface area contributed by atoms with Crippen LogP contribution in [0, 0.1) is 12.8 Å². The summed E-state index contributed by atoms with van der Waals surface area (Å²) in [6.07, 6.45) is 2.83. The van der Waals surface area contributed by atoms with Gasteiger partial charge < -0.3 is 9.84 Å². The molecule has 2 aliphatic heterocycles. The van der Waals surface area contributed by atoms with E-state index in [2.05, 4.69) is 27.1 Å². The minimum absolute atomic E-state index is 0.0827. The minimum Gasteiger partial charge on any atom is -0.507 e. The van der Waals surface area contributed by atoms with Crippen LogP contribution in [0.3, 0.4) is 0 Å². The average molecular weight is 444 g/mol. The highest BCUT2D eigenvalue weighted by Gasteiger charge is 2.47. The zero-order valence-electron chi connectivity index (χ0n) is 17.8. The number of phenols is 1. The number of fused-ring (bicyclic) bond motifs is 2. The summed E-state index contributed by atoms with van der Waals surface area (Å²) in [5, 5.41) is 24.1. The van der Waals surface area contributed by atoms with E-state index in [0.717, 1.165) is 24.2 Å². The van der Waals surface area contributed by atoms with Gasteiger partial charge in [0, 0.05) is 30.8 Å². The summed E-state index contributed by atoms with van der Waals surface area (Å²) in [7, 11) is 2.02. The van der Waals surface area contributed by atoms with Crippen LogP contribution in [0.2, 0.25) is 0 Å². The Kier molecular flexibility index (Phi) is 5.18. The molecule has 0 saturated carbocycles. The number of hydrogen-bond acceptors (Lipinski definition) is 7. The van der Waals surface area contributed by atoms with E-state index < -0.39 is 12.3 Å². The molecule has 0 aliphatic carbocycles. The Labute approximate surface area is 184 Å². The van der Waals surface area contributed by atoms with Crippen molar-refractivity contribution in [3.8, 4) is 27.2 Å². The number of nitrogens with zero attached hydrogens (tertiary/aromatic N) is 5. The molecule has 2 saturated heterocycles. The van der Waals surface area contributed by atoms with Gasteiger partial charge in [-0.1, -0.05) is 23.4 Å². The fourth-order valence-corrected chi connectivity index (χ4v) is 5.67. The van der Waals surface area contributed by atoms with E-state index in [0.29, 0.717) is 34.1 Å². The molecule has 1 aromatic carbocycles. The van der Waals surface area contributed by atoms with Crippen molar-refractivity contribution in [2.75, 3.05) is 7.05 Å². The molecule has 4 heterocycles. The smallest absolute Gasteiger partial charge is 0.294 e. The van der Waals surface area contributed by atoms with Crippen LogP contribution in [-0.4, -0.2) is 61.4 Å². The molecule has 9 heteroatoms. The summed E-state index contributed by atoms with van der Waals surface area (Å²) >= 11 is 1.22. The number of aryl methyl sites for hydroxylation is 1. The molecule has 5 atom stereocenters. The fraction of sp³-hybridized carbons (Fsp3) is 0.500. The fourth-order valence-electron chi connectivity index (χ4n) is 4.89. The van der Waals surface area contributed by atoms with Crippen molar-refractivity contribution < 1.29 is 14.2 Å². The van der Waals surface area contributed by atoms with Crippen LogP contribution in [0.5, 0.6) is 10.9 Å². The second-order valence-corrected chi connectivity index (χ2v) is 9.61. The van der Waals surface area contributed by atoms with E-state index in [1.165, 1.54) is 11.3 Å². The lowest BCUT2D eigenvalue weighted by molar-refractivity contribution is -0.0800. The van der Waals surface area contributed by atoms with Crippen LogP contribution in [0.25, 0.3) is 16.3 Å². The Balaban J connectivity index is 1.33. The van der Waals surface area contributed by atoms with Gasteiger partial charge in [-0.3, -0.25) is 4.90 Å². The van der Waals surface area contributed by atoms with Gasteiger partial charge in [-0.05, 0) is 50.9 Å². The van der Waals surface area contributed by atoms with Gasteiger partial charge in [-0.15, -0.1) is 5.10 Å². The van der Waals surface area contributed by atoms with E-state index in [9.17, 15) is 5.11 Å². The van der Waals surface area contributed by atoms with Gasteiger partial charge in [-0.25, -0.2) is 9.07 Å². The number of phenolic OH excluding ortho intramolecular Hbond substituents is 1. The van der Waals surface area contributed by atoms with Crippen molar-refractivity contribution in [2.45, 2.75) is 57.5 Å². The monoisotopic (exact) mass is 443 g/mol. The summed E-state index contributed by atoms with van der Waals surface area (Å²) in [6.45, 7) is 4.14. The van der Waals surface area contributed by atoms with Gasteiger partial charge in [-0.2, -0.15) is 5.10 Å². The van der Waals surface area contributed by atoms with E-state index in [1.807, 2.05) is 32.3 Å². The summed E-state index contributed by atoms with van der Waals surface area (Å²) in [5.74, 6) is 0.609. The van der Waals surface area contributed by atoms with Crippen molar-refractivity contribution >= 4 is 11.3 Å². The van der Waals surface area contributed by atoms with Crippen molar-refractivity contribution in [3.05, 3.63) is 36.2 Å². The third kappa shape index (κ3) is 3.70. The first-order valence-electron chi connectivity index (χ1n) is 10.6. The molecular formula is C22H26FN5O2S. The van der Waals surface area contributed by atoms with E-state index >= 15 is 4.39 Å². The van der Waals surface area contributed by atoms with Crippen molar-refractivity contribution in [2.24, 2.45) is 5.92 Å². The predicted octanol–water partition coefficient (Wildman–Crippen LogP) is 3.99. The molecule has 0 spiro atoms. The number of halogens is 1. The molecule has 2 aliphatic rings. The topological polar surface area (TPSA) is 76.3 Å². The summed E-state index contributed by atoms with van der Waals surface area (Å²) in [6, 6.07) is 7.41. The number of aromatic hydroxyl groups is 1. The lowest BCUT2D eigenvalue weighted by Gasteiger charge is -2.50. The van der Waals surface area contributed by atoms with E-state index in [-0.39, 0.29) is 11.8 Å². The van der Waals surface area contributed by atoms with E-state index in [4.69, 9.17) is 4.74 Å². The highest BCUT2D eigenvalue weighted by Crippen LogP contribution is 2.40. The number of hydrogen-bond donors (Lipinski definition) is 1. The third-order valence-electron chi connectivity index (χ3n) is 6.67. The SMILES string of the molecule is Cc1ccn(-c2ccc(-c3nnc(OC4CC5C(C)CCC(C4F)N5C)s3)c(O)c2)n1. The highest BCUT2D eigenvalue weighted by molar-refractivity contribution is 7.16. The van der Waals surface area contributed by atoms with Crippen molar-refractivity contribution in [1.82, 2.24) is 24.9 Å². The zero-order chi connectivity index (χ0) is 21.7. The summed E-state index contributed by atoms with van der Waals surface area (Å²) < 4.78 is 22.8. The van der Waals surface area contributed by atoms with Crippen LogP contribution in [0.15, 0.2) is 30.5 Å². The average Bonchev–Trinajstić information content (AvgIpc) is 3.38. The summed E-state index contributed by atoms with van der Waals surface area (Å²) in [5.41, 5.74) is 2.21. The van der Waals surface area contributed by atoms with Crippen LogP contribution in [0.1, 0.15) is 31.9 Å². The first kappa shape index (κ1) is 20.4. The first-order chi connectivity index (χ1) is 14.9. The second kappa shape index (κ2) is 7.87.